The highest BCUT2D eigenvalue weighted by molar-refractivity contribution is 14.0. The third-order valence-corrected chi connectivity index (χ3v) is 4.11. The Kier molecular flexibility index (Phi) is 8.71. The summed E-state index contributed by atoms with van der Waals surface area (Å²) in [5.41, 5.74) is 2.08. The number of nitrogens with zero attached hydrogens (tertiary/aromatic N) is 3. The second-order valence-corrected chi connectivity index (χ2v) is 6.17. The lowest BCUT2D eigenvalue weighted by molar-refractivity contribution is 0.0926. The molecule has 3 N–H and O–H groups in total. The molecule has 29 heavy (non-hydrogen) atoms. The minimum absolute atomic E-state index is 0. The molecule has 8 nitrogen and oxygen atoms in total. The number of carbonyl (C=O) groups is 1. The normalized spacial score (nSPS) is 10.9. The van der Waals surface area contributed by atoms with Gasteiger partial charge in [0.2, 0.25) is 0 Å². The quantitative estimate of drug-likeness (QED) is 0.197. The number of furan rings is 1. The lowest BCUT2D eigenvalue weighted by Crippen LogP contribution is -2.42. The summed E-state index contributed by atoms with van der Waals surface area (Å²) >= 11 is 0. The Labute approximate surface area is 186 Å². The zero-order chi connectivity index (χ0) is 19.8. The Morgan fingerprint density at radius 1 is 1.17 bits per heavy atom. The minimum atomic E-state index is -0.237. The zero-order valence-corrected chi connectivity index (χ0v) is 18.7. The zero-order valence-electron chi connectivity index (χ0n) is 16.4. The van der Waals surface area contributed by atoms with E-state index in [1.807, 2.05) is 48.5 Å². The number of benzene rings is 1. The van der Waals surface area contributed by atoms with E-state index < -0.39 is 0 Å². The fraction of sp³-hybridized carbons (Fsp3) is 0.250. The topological polar surface area (TPSA) is 98.5 Å². The number of guanidine groups is 1. The first-order valence-electron chi connectivity index (χ1n) is 9.00. The van der Waals surface area contributed by atoms with Crippen molar-refractivity contribution < 1.29 is 9.21 Å². The predicted molar refractivity (Wildman–Crippen MR) is 123 cm³/mol. The number of hydrogen-bond donors (Lipinski definition) is 3. The maximum absolute atomic E-state index is 11.8. The summed E-state index contributed by atoms with van der Waals surface area (Å²) in [7, 11) is 3.65. The van der Waals surface area contributed by atoms with E-state index in [0.717, 1.165) is 17.1 Å². The van der Waals surface area contributed by atoms with Crippen molar-refractivity contribution in [2.45, 2.75) is 6.54 Å². The van der Waals surface area contributed by atoms with Gasteiger partial charge in [-0.1, -0.05) is 30.3 Å². The van der Waals surface area contributed by atoms with Crippen molar-refractivity contribution in [1.29, 1.82) is 0 Å². The van der Waals surface area contributed by atoms with E-state index in [2.05, 4.69) is 25.6 Å². The van der Waals surface area contributed by atoms with Crippen LogP contribution in [-0.4, -0.2) is 53.9 Å². The number of carbonyl (C=O) groups excluding carboxylic acids is 1. The van der Waals surface area contributed by atoms with Crippen LogP contribution in [-0.2, 0) is 6.54 Å². The summed E-state index contributed by atoms with van der Waals surface area (Å²) in [6.45, 7) is 1.56. The summed E-state index contributed by atoms with van der Waals surface area (Å²) < 4.78 is 5.06. The standard InChI is InChI=1S/C20H24N6O2.HI/c1-21-20(23-11-10-22-19(27)17-9-6-12-28-17)26(2)14-18-24-13-16(25-18)15-7-4-3-5-8-15;/h3-9,12-13H,10-11,14H2,1-2H3,(H,21,23)(H,22,27)(H,24,25);1H. The van der Waals surface area contributed by atoms with Crippen molar-refractivity contribution in [3.63, 3.8) is 0 Å². The van der Waals surface area contributed by atoms with Crippen LogP contribution in [0.5, 0.6) is 0 Å². The van der Waals surface area contributed by atoms with Crippen LogP contribution in [0.3, 0.4) is 0 Å². The fourth-order valence-electron chi connectivity index (χ4n) is 2.74. The van der Waals surface area contributed by atoms with Crippen LogP contribution in [0.15, 0.2) is 64.3 Å². The van der Waals surface area contributed by atoms with Gasteiger partial charge in [-0.05, 0) is 17.7 Å². The summed E-state index contributed by atoms with van der Waals surface area (Å²) in [6.07, 6.45) is 3.31. The molecule has 0 atom stereocenters. The average molecular weight is 508 g/mol. The molecule has 0 radical (unpaired) electrons. The van der Waals surface area contributed by atoms with Crippen molar-refractivity contribution in [3.8, 4) is 11.3 Å². The molecule has 1 aromatic carbocycles. The number of aromatic nitrogens is 2. The first kappa shape index (κ1) is 22.5. The highest BCUT2D eigenvalue weighted by atomic mass is 127. The Morgan fingerprint density at radius 2 is 1.93 bits per heavy atom. The number of H-pyrrole nitrogens is 1. The Hall–Kier alpha value is -2.82. The average Bonchev–Trinajstić information content (AvgIpc) is 3.41. The molecule has 154 valence electrons. The van der Waals surface area contributed by atoms with E-state index >= 15 is 0 Å². The van der Waals surface area contributed by atoms with Gasteiger partial charge in [-0.25, -0.2) is 4.98 Å². The van der Waals surface area contributed by atoms with Gasteiger partial charge in [-0.3, -0.25) is 9.79 Å². The number of rotatable bonds is 7. The van der Waals surface area contributed by atoms with Crippen molar-refractivity contribution in [2.75, 3.05) is 27.2 Å². The van der Waals surface area contributed by atoms with Gasteiger partial charge in [0.25, 0.3) is 5.91 Å². The molecule has 0 saturated heterocycles. The highest BCUT2D eigenvalue weighted by Gasteiger charge is 2.11. The van der Waals surface area contributed by atoms with Gasteiger partial charge in [0, 0.05) is 27.2 Å². The number of aliphatic imine (C=N–C) groups is 1. The number of aromatic amines is 1. The lowest BCUT2D eigenvalue weighted by Gasteiger charge is -2.21. The van der Waals surface area contributed by atoms with Crippen LogP contribution < -0.4 is 10.6 Å². The number of nitrogens with one attached hydrogen (secondary N) is 3. The predicted octanol–water partition coefficient (Wildman–Crippen LogP) is 2.72. The van der Waals surface area contributed by atoms with Gasteiger partial charge in [0.15, 0.2) is 11.7 Å². The molecule has 0 spiro atoms. The molecule has 0 fully saturated rings. The van der Waals surface area contributed by atoms with Crippen LogP contribution in [0.4, 0.5) is 0 Å². The van der Waals surface area contributed by atoms with Gasteiger partial charge in [0.05, 0.1) is 24.7 Å². The molecule has 0 bridgehead atoms. The van der Waals surface area contributed by atoms with Crippen molar-refractivity contribution in [2.24, 2.45) is 4.99 Å². The summed E-state index contributed by atoms with van der Waals surface area (Å²) in [6, 6.07) is 13.4. The molecular formula is C20H25IN6O2. The Bertz CT molecular complexity index is 908. The van der Waals surface area contributed by atoms with E-state index in [-0.39, 0.29) is 29.9 Å². The van der Waals surface area contributed by atoms with Gasteiger partial charge < -0.3 is 24.9 Å². The molecule has 3 rings (SSSR count). The summed E-state index contributed by atoms with van der Waals surface area (Å²) in [4.78, 5) is 25.8. The first-order valence-corrected chi connectivity index (χ1v) is 9.00. The molecule has 0 aliphatic heterocycles. The number of imidazole rings is 1. The van der Waals surface area contributed by atoms with Crippen LogP contribution in [0.2, 0.25) is 0 Å². The maximum Gasteiger partial charge on any atom is 0.287 e. The first-order chi connectivity index (χ1) is 13.7. The largest absolute Gasteiger partial charge is 0.459 e. The number of hydrogen-bond acceptors (Lipinski definition) is 4. The monoisotopic (exact) mass is 508 g/mol. The van der Waals surface area contributed by atoms with Crippen LogP contribution >= 0.6 is 24.0 Å². The molecule has 0 aliphatic rings. The molecule has 2 heterocycles. The summed E-state index contributed by atoms with van der Waals surface area (Å²) in [5, 5.41) is 6.00. The second-order valence-electron chi connectivity index (χ2n) is 6.17. The van der Waals surface area contributed by atoms with Gasteiger partial charge in [-0.2, -0.15) is 0 Å². The minimum Gasteiger partial charge on any atom is -0.459 e. The molecule has 9 heteroatoms. The van der Waals surface area contributed by atoms with Crippen LogP contribution in [0.1, 0.15) is 16.4 Å². The van der Waals surface area contributed by atoms with Crippen LogP contribution in [0, 0.1) is 0 Å². The molecule has 2 aromatic heterocycles. The lowest BCUT2D eigenvalue weighted by atomic mass is 10.2. The van der Waals surface area contributed by atoms with E-state index in [4.69, 9.17) is 4.42 Å². The smallest absolute Gasteiger partial charge is 0.287 e. The molecule has 0 aliphatic carbocycles. The van der Waals surface area contributed by atoms with Crippen molar-refractivity contribution in [1.82, 2.24) is 25.5 Å². The van der Waals surface area contributed by atoms with E-state index in [1.165, 1.54) is 6.26 Å². The van der Waals surface area contributed by atoms with E-state index in [1.54, 1.807) is 19.2 Å². The van der Waals surface area contributed by atoms with Crippen LogP contribution in [0.25, 0.3) is 11.3 Å². The van der Waals surface area contributed by atoms with Gasteiger partial charge in [-0.15, -0.1) is 24.0 Å². The van der Waals surface area contributed by atoms with E-state index in [0.29, 0.717) is 31.4 Å². The SMILES string of the molecule is CN=C(NCCNC(=O)c1ccco1)N(C)Cc1ncc(-c2ccccc2)[nH]1.I. The summed E-state index contributed by atoms with van der Waals surface area (Å²) in [5.74, 6) is 1.62. The van der Waals surface area contributed by atoms with E-state index in [9.17, 15) is 4.79 Å². The van der Waals surface area contributed by atoms with Gasteiger partial charge >= 0.3 is 0 Å². The van der Waals surface area contributed by atoms with Gasteiger partial charge in [0.1, 0.15) is 5.82 Å². The molecule has 0 saturated carbocycles. The second kappa shape index (κ2) is 11.2. The molecule has 3 aromatic rings. The van der Waals surface area contributed by atoms with Crippen molar-refractivity contribution >= 4 is 35.8 Å². The molecule has 0 unspecified atom stereocenters. The highest BCUT2D eigenvalue weighted by Crippen LogP contribution is 2.16. The maximum atomic E-state index is 11.8. The number of amides is 1. The fourth-order valence-corrected chi connectivity index (χ4v) is 2.74. The molecule has 1 amide bonds. The molecular weight excluding hydrogens is 483 g/mol. The Morgan fingerprint density at radius 3 is 2.62 bits per heavy atom. The van der Waals surface area contributed by atoms with Crippen molar-refractivity contribution in [3.05, 3.63) is 66.5 Å². The number of halogens is 1. The third-order valence-electron chi connectivity index (χ3n) is 4.11. The third kappa shape index (κ3) is 6.34. The Balaban J connectivity index is 0.00000300.